The maximum atomic E-state index is 12.4. The third-order valence-corrected chi connectivity index (χ3v) is 3.89. The van der Waals surface area contributed by atoms with Gasteiger partial charge in [-0.1, -0.05) is 15.9 Å². The van der Waals surface area contributed by atoms with Gasteiger partial charge in [-0.05, 0) is 38.1 Å². The molecule has 1 fully saturated rings. The summed E-state index contributed by atoms with van der Waals surface area (Å²) in [5.74, 6) is 0.0198. The summed E-state index contributed by atoms with van der Waals surface area (Å²) >= 11 is 3.36. The number of nitrogens with one attached hydrogen (secondary N) is 1. The number of hydrogen-bond acceptors (Lipinski definition) is 2. The summed E-state index contributed by atoms with van der Waals surface area (Å²) in [6, 6.07) is 7.41. The van der Waals surface area contributed by atoms with Crippen LogP contribution in [-0.2, 0) is 0 Å². The van der Waals surface area contributed by atoms with E-state index in [0.717, 1.165) is 4.47 Å². The molecule has 0 spiro atoms. The fraction of sp³-hybridized carbons (Fsp3) is 0.467. The quantitative estimate of drug-likeness (QED) is 0.886. The molecule has 1 aromatic rings. The topological polar surface area (TPSA) is 52.7 Å². The van der Waals surface area contributed by atoms with E-state index in [2.05, 4.69) is 21.2 Å². The number of halogens is 1. The van der Waals surface area contributed by atoms with Crippen LogP contribution in [-0.4, -0.2) is 54.0 Å². The second-order valence-electron chi connectivity index (χ2n) is 5.39. The Morgan fingerprint density at radius 2 is 1.57 bits per heavy atom. The van der Waals surface area contributed by atoms with Crippen LogP contribution in [0, 0.1) is 0 Å². The van der Waals surface area contributed by atoms with E-state index in [-0.39, 0.29) is 18.0 Å². The lowest BCUT2D eigenvalue weighted by Gasteiger charge is -2.35. The monoisotopic (exact) mass is 353 g/mol. The number of amides is 3. The Hall–Kier alpha value is -1.56. The van der Waals surface area contributed by atoms with Gasteiger partial charge < -0.3 is 15.1 Å². The molecule has 0 saturated carbocycles. The number of piperazine rings is 1. The first kappa shape index (κ1) is 15.8. The van der Waals surface area contributed by atoms with Gasteiger partial charge in [0.1, 0.15) is 0 Å². The van der Waals surface area contributed by atoms with Gasteiger partial charge >= 0.3 is 6.03 Å². The molecule has 0 bridgehead atoms. The molecule has 1 aliphatic rings. The summed E-state index contributed by atoms with van der Waals surface area (Å²) in [6.07, 6.45) is 0. The van der Waals surface area contributed by atoms with Gasteiger partial charge in [0.05, 0.1) is 0 Å². The van der Waals surface area contributed by atoms with Crippen molar-refractivity contribution < 1.29 is 9.59 Å². The van der Waals surface area contributed by atoms with Crippen LogP contribution in [0.1, 0.15) is 24.2 Å². The summed E-state index contributed by atoms with van der Waals surface area (Å²) in [5.41, 5.74) is 0.679. The highest BCUT2D eigenvalue weighted by atomic mass is 79.9. The molecule has 2 rings (SSSR count). The molecule has 1 aromatic carbocycles. The van der Waals surface area contributed by atoms with Crippen LogP contribution in [0.5, 0.6) is 0 Å². The molecular weight excluding hydrogens is 334 g/mol. The van der Waals surface area contributed by atoms with Crippen LogP contribution in [0.4, 0.5) is 4.79 Å². The molecule has 0 atom stereocenters. The highest BCUT2D eigenvalue weighted by Crippen LogP contribution is 2.13. The van der Waals surface area contributed by atoms with E-state index in [1.807, 2.05) is 38.1 Å². The van der Waals surface area contributed by atoms with E-state index in [9.17, 15) is 9.59 Å². The van der Waals surface area contributed by atoms with Gasteiger partial charge in [0, 0.05) is 42.3 Å². The number of nitrogens with zero attached hydrogens (tertiary/aromatic N) is 2. The zero-order valence-corrected chi connectivity index (χ0v) is 13.9. The van der Waals surface area contributed by atoms with Gasteiger partial charge in [-0.25, -0.2) is 4.79 Å². The van der Waals surface area contributed by atoms with E-state index in [4.69, 9.17) is 0 Å². The molecule has 0 aliphatic carbocycles. The lowest BCUT2D eigenvalue weighted by atomic mass is 10.2. The maximum absolute atomic E-state index is 12.4. The highest BCUT2D eigenvalue weighted by molar-refractivity contribution is 9.10. The van der Waals surface area contributed by atoms with Crippen LogP contribution in [0.25, 0.3) is 0 Å². The van der Waals surface area contributed by atoms with Gasteiger partial charge in [-0.3, -0.25) is 4.79 Å². The SMILES string of the molecule is CC(C)NC(=O)N1CCN(C(=O)c2ccc(Br)cc2)CC1. The third kappa shape index (κ3) is 4.20. The Morgan fingerprint density at radius 3 is 2.10 bits per heavy atom. The van der Waals surface area contributed by atoms with E-state index < -0.39 is 0 Å². The fourth-order valence-electron chi connectivity index (χ4n) is 2.23. The minimum atomic E-state index is -0.0549. The predicted octanol–water partition coefficient (Wildman–Crippen LogP) is 2.32. The predicted molar refractivity (Wildman–Crippen MR) is 85.3 cm³/mol. The Labute approximate surface area is 133 Å². The molecule has 0 unspecified atom stereocenters. The molecule has 3 amide bonds. The first-order valence-electron chi connectivity index (χ1n) is 7.07. The molecule has 5 nitrogen and oxygen atoms in total. The Morgan fingerprint density at radius 1 is 1.05 bits per heavy atom. The summed E-state index contributed by atoms with van der Waals surface area (Å²) in [4.78, 5) is 27.8. The van der Waals surface area contributed by atoms with E-state index in [1.165, 1.54) is 0 Å². The Kier molecular flexibility index (Phi) is 5.22. The Balaban J connectivity index is 1.90. The van der Waals surface area contributed by atoms with Crippen molar-refractivity contribution in [3.8, 4) is 0 Å². The van der Waals surface area contributed by atoms with Crippen molar-refractivity contribution in [2.24, 2.45) is 0 Å². The molecule has 21 heavy (non-hydrogen) atoms. The molecule has 6 heteroatoms. The van der Waals surface area contributed by atoms with Gasteiger partial charge in [-0.15, -0.1) is 0 Å². The van der Waals surface area contributed by atoms with Crippen LogP contribution in [0.15, 0.2) is 28.7 Å². The van der Waals surface area contributed by atoms with Gasteiger partial charge in [0.25, 0.3) is 5.91 Å². The second-order valence-corrected chi connectivity index (χ2v) is 6.31. The van der Waals surface area contributed by atoms with E-state index in [1.54, 1.807) is 9.80 Å². The highest BCUT2D eigenvalue weighted by Gasteiger charge is 2.24. The zero-order chi connectivity index (χ0) is 15.4. The molecule has 114 valence electrons. The lowest BCUT2D eigenvalue weighted by molar-refractivity contribution is 0.0664. The van der Waals surface area contributed by atoms with Crippen LogP contribution in [0.3, 0.4) is 0 Å². The molecule has 1 saturated heterocycles. The first-order chi connectivity index (χ1) is 9.97. The number of carbonyl (C=O) groups is 2. The zero-order valence-electron chi connectivity index (χ0n) is 12.3. The minimum Gasteiger partial charge on any atom is -0.336 e. The summed E-state index contributed by atoms with van der Waals surface area (Å²) < 4.78 is 0.953. The Bertz CT molecular complexity index is 508. The number of rotatable bonds is 2. The molecule has 1 heterocycles. The number of hydrogen-bond donors (Lipinski definition) is 1. The van der Waals surface area contributed by atoms with Gasteiger partial charge in [0.15, 0.2) is 0 Å². The average molecular weight is 354 g/mol. The van der Waals surface area contributed by atoms with Crippen molar-refractivity contribution in [2.75, 3.05) is 26.2 Å². The van der Waals surface area contributed by atoms with Crippen molar-refractivity contribution >= 4 is 27.9 Å². The summed E-state index contributed by atoms with van der Waals surface area (Å²) in [6.45, 7) is 6.15. The molecule has 0 radical (unpaired) electrons. The van der Waals surface area contributed by atoms with E-state index in [0.29, 0.717) is 31.7 Å². The van der Waals surface area contributed by atoms with Crippen molar-refractivity contribution in [3.05, 3.63) is 34.3 Å². The minimum absolute atomic E-state index is 0.0198. The molecule has 1 aliphatic heterocycles. The normalized spacial score (nSPS) is 15.2. The summed E-state index contributed by atoms with van der Waals surface area (Å²) in [7, 11) is 0. The lowest BCUT2D eigenvalue weighted by Crippen LogP contribution is -2.54. The van der Waals surface area contributed by atoms with Gasteiger partial charge in [0.2, 0.25) is 0 Å². The average Bonchev–Trinajstić information content (AvgIpc) is 2.47. The molecular formula is C15H20BrN3O2. The molecule has 0 aromatic heterocycles. The maximum Gasteiger partial charge on any atom is 0.317 e. The van der Waals surface area contributed by atoms with Crippen molar-refractivity contribution in [1.29, 1.82) is 0 Å². The third-order valence-electron chi connectivity index (χ3n) is 3.36. The van der Waals surface area contributed by atoms with Crippen molar-refractivity contribution in [3.63, 3.8) is 0 Å². The number of urea groups is 1. The largest absolute Gasteiger partial charge is 0.336 e. The molecule has 1 N–H and O–H groups in total. The second kappa shape index (κ2) is 6.93. The number of benzene rings is 1. The van der Waals surface area contributed by atoms with Gasteiger partial charge in [-0.2, -0.15) is 0 Å². The van der Waals surface area contributed by atoms with E-state index >= 15 is 0 Å². The van der Waals surface area contributed by atoms with Crippen LogP contribution in [0.2, 0.25) is 0 Å². The standard InChI is InChI=1S/C15H20BrN3O2/c1-11(2)17-15(21)19-9-7-18(8-10-19)14(20)12-3-5-13(16)6-4-12/h3-6,11H,7-10H2,1-2H3,(H,17,21). The van der Waals surface area contributed by atoms with Crippen LogP contribution < -0.4 is 5.32 Å². The summed E-state index contributed by atoms with van der Waals surface area (Å²) in [5, 5.41) is 2.87. The van der Waals surface area contributed by atoms with Crippen molar-refractivity contribution in [1.82, 2.24) is 15.1 Å². The van der Waals surface area contributed by atoms with Crippen molar-refractivity contribution in [2.45, 2.75) is 19.9 Å². The van der Waals surface area contributed by atoms with Crippen LogP contribution >= 0.6 is 15.9 Å². The smallest absolute Gasteiger partial charge is 0.317 e. The fourth-order valence-corrected chi connectivity index (χ4v) is 2.49. The first-order valence-corrected chi connectivity index (χ1v) is 7.87. The number of carbonyl (C=O) groups excluding carboxylic acids is 2.